The molecule has 0 unspecified atom stereocenters. The first-order valence-electron chi connectivity index (χ1n) is 8.74. The summed E-state index contributed by atoms with van der Waals surface area (Å²) in [7, 11) is 0. The molecule has 1 aliphatic carbocycles. The normalized spacial score (nSPS) is 23.0. The molecular weight excluding hydrogens is 300 g/mol. The molecule has 2 aromatic rings. The third-order valence-electron chi connectivity index (χ3n) is 5.16. The minimum atomic E-state index is -0.0572. The van der Waals surface area contributed by atoms with Crippen LogP contribution in [0.15, 0.2) is 30.3 Å². The minimum absolute atomic E-state index is 0.0572. The minimum Gasteiger partial charge on any atom is -0.394 e. The van der Waals surface area contributed by atoms with Crippen LogP contribution in [0.2, 0.25) is 0 Å². The molecule has 0 amide bonds. The van der Waals surface area contributed by atoms with E-state index in [4.69, 9.17) is 4.98 Å². The summed E-state index contributed by atoms with van der Waals surface area (Å²) in [5.74, 6) is 2.18. The van der Waals surface area contributed by atoms with Gasteiger partial charge in [0.2, 0.25) is 5.95 Å². The summed E-state index contributed by atoms with van der Waals surface area (Å²) in [6, 6.07) is 11.2. The lowest BCUT2D eigenvalue weighted by molar-refractivity contribution is 0.281. The second kappa shape index (κ2) is 6.06. The second-order valence-corrected chi connectivity index (χ2v) is 6.99. The summed E-state index contributed by atoms with van der Waals surface area (Å²) in [5, 5.41) is 12.4. The molecule has 3 heterocycles. The Bertz CT molecular complexity index is 748. The molecule has 0 radical (unpaired) electrons. The van der Waals surface area contributed by atoms with Crippen LogP contribution >= 0.6 is 0 Å². The monoisotopic (exact) mass is 324 g/mol. The quantitative estimate of drug-likeness (QED) is 0.905. The standard InChI is InChI=1S/C19H24N4O/c1-12-9-18(22-19(20-12)21-13(2)11-24)23-10-14-7-8-17(23)16-6-4-3-5-15(14)16/h3-6,9,13-14,17,24H,7-8,10-11H2,1-2H3,(H,20,21,22)/t13-,14+,17-/m0/s1. The van der Waals surface area contributed by atoms with Gasteiger partial charge < -0.3 is 15.3 Å². The van der Waals surface area contributed by atoms with E-state index >= 15 is 0 Å². The lowest BCUT2D eigenvalue weighted by atomic mass is 9.75. The fraction of sp³-hybridized carbons (Fsp3) is 0.474. The van der Waals surface area contributed by atoms with Crippen LogP contribution in [0.25, 0.3) is 0 Å². The SMILES string of the molecule is Cc1cc(N2C[C@H]3CC[C@H]2c2ccccc23)nc(N[C@@H](C)CO)n1. The highest BCUT2D eigenvalue weighted by Gasteiger charge is 2.38. The van der Waals surface area contributed by atoms with Crippen molar-refractivity contribution in [2.75, 3.05) is 23.4 Å². The molecule has 2 aliphatic heterocycles. The Hall–Kier alpha value is -2.14. The van der Waals surface area contributed by atoms with E-state index < -0.39 is 0 Å². The van der Waals surface area contributed by atoms with E-state index in [9.17, 15) is 5.11 Å². The smallest absolute Gasteiger partial charge is 0.225 e. The average molecular weight is 324 g/mol. The number of aryl methyl sites for hydroxylation is 1. The zero-order valence-corrected chi connectivity index (χ0v) is 14.2. The van der Waals surface area contributed by atoms with Gasteiger partial charge >= 0.3 is 0 Å². The lowest BCUT2D eigenvalue weighted by Crippen LogP contribution is -2.43. The molecule has 2 bridgehead atoms. The van der Waals surface area contributed by atoms with E-state index in [0.717, 1.165) is 18.1 Å². The zero-order chi connectivity index (χ0) is 16.7. The van der Waals surface area contributed by atoms with Crippen LogP contribution in [-0.4, -0.2) is 34.3 Å². The van der Waals surface area contributed by atoms with Gasteiger partial charge in [0.15, 0.2) is 0 Å². The van der Waals surface area contributed by atoms with Crippen molar-refractivity contribution in [1.29, 1.82) is 0 Å². The Balaban J connectivity index is 1.68. The predicted molar refractivity (Wildman–Crippen MR) is 95.4 cm³/mol. The summed E-state index contributed by atoms with van der Waals surface area (Å²) in [6.07, 6.45) is 2.44. The van der Waals surface area contributed by atoms with Crippen LogP contribution in [0.5, 0.6) is 0 Å². The number of fused-ring (bicyclic) bond motifs is 2. The number of hydrogen-bond donors (Lipinski definition) is 2. The van der Waals surface area contributed by atoms with Crippen LogP contribution in [0, 0.1) is 6.92 Å². The number of aromatic nitrogens is 2. The fourth-order valence-corrected chi connectivity index (χ4v) is 4.02. The maximum atomic E-state index is 9.25. The van der Waals surface area contributed by atoms with Crippen LogP contribution in [0.4, 0.5) is 11.8 Å². The van der Waals surface area contributed by atoms with E-state index in [1.54, 1.807) is 0 Å². The molecule has 1 saturated heterocycles. The number of rotatable bonds is 4. The first kappa shape index (κ1) is 15.4. The highest BCUT2D eigenvalue weighted by atomic mass is 16.3. The summed E-state index contributed by atoms with van der Waals surface area (Å²) < 4.78 is 0. The summed E-state index contributed by atoms with van der Waals surface area (Å²) in [5.41, 5.74) is 3.92. The molecule has 126 valence electrons. The highest BCUT2D eigenvalue weighted by molar-refractivity contribution is 5.53. The van der Waals surface area contributed by atoms with Gasteiger partial charge in [-0.1, -0.05) is 24.3 Å². The second-order valence-electron chi connectivity index (χ2n) is 6.99. The Labute approximate surface area is 142 Å². The highest BCUT2D eigenvalue weighted by Crippen LogP contribution is 2.47. The Morgan fingerprint density at radius 2 is 2.04 bits per heavy atom. The van der Waals surface area contributed by atoms with Crippen molar-refractivity contribution in [2.45, 2.75) is 44.7 Å². The van der Waals surface area contributed by atoms with E-state index in [2.05, 4.69) is 45.5 Å². The molecule has 0 saturated carbocycles. The molecule has 24 heavy (non-hydrogen) atoms. The molecule has 5 heteroatoms. The van der Waals surface area contributed by atoms with Crippen molar-refractivity contribution in [3.8, 4) is 0 Å². The van der Waals surface area contributed by atoms with Gasteiger partial charge in [-0.05, 0) is 37.8 Å². The largest absolute Gasteiger partial charge is 0.394 e. The van der Waals surface area contributed by atoms with E-state index in [0.29, 0.717) is 17.9 Å². The number of benzene rings is 1. The molecule has 1 fully saturated rings. The maximum absolute atomic E-state index is 9.25. The van der Waals surface area contributed by atoms with Gasteiger partial charge in [-0.3, -0.25) is 0 Å². The molecular formula is C19H24N4O. The number of nitrogens with one attached hydrogen (secondary N) is 1. The number of nitrogens with zero attached hydrogens (tertiary/aromatic N) is 3. The summed E-state index contributed by atoms with van der Waals surface area (Å²) in [6.45, 7) is 5.00. The van der Waals surface area contributed by atoms with Crippen molar-refractivity contribution in [2.24, 2.45) is 0 Å². The van der Waals surface area contributed by atoms with Gasteiger partial charge in [-0.25, -0.2) is 4.98 Å². The molecule has 3 atom stereocenters. The number of anilines is 2. The summed E-state index contributed by atoms with van der Waals surface area (Å²) in [4.78, 5) is 11.6. The van der Waals surface area contributed by atoms with Gasteiger partial charge in [0.25, 0.3) is 0 Å². The van der Waals surface area contributed by atoms with Crippen molar-refractivity contribution in [3.05, 3.63) is 47.2 Å². The van der Waals surface area contributed by atoms with Crippen LogP contribution < -0.4 is 10.2 Å². The predicted octanol–water partition coefficient (Wildman–Crippen LogP) is 3.02. The maximum Gasteiger partial charge on any atom is 0.225 e. The van der Waals surface area contributed by atoms with E-state index in [1.807, 2.05) is 13.8 Å². The Kier molecular flexibility index (Phi) is 3.88. The third-order valence-corrected chi connectivity index (χ3v) is 5.16. The molecule has 5 rings (SSSR count). The topological polar surface area (TPSA) is 61.3 Å². The number of piperidine rings is 1. The third kappa shape index (κ3) is 2.63. The molecule has 1 aromatic heterocycles. The van der Waals surface area contributed by atoms with Gasteiger partial charge in [0.05, 0.1) is 12.6 Å². The molecule has 2 N–H and O–H groups in total. The molecule has 3 aliphatic rings. The average Bonchev–Trinajstić information content (AvgIpc) is 2.61. The number of aliphatic hydroxyl groups is 1. The first-order chi connectivity index (χ1) is 11.7. The van der Waals surface area contributed by atoms with E-state index in [-0.39, 0.29) is 12.6 Å². The molecule has 5 nitrogen and oxygen atoms in total. The number of hydrogen-bond acceptors (Lipinski definition) is 5. The van der Waals surface area contributed by atoms with Crippen molar-refractivity contribution in [3.63, 3.8) is 0 Å². The summed E-state index contributed by atoms with van der Waals surface area (Å²) >= 11 is 0. The van der Waals surface area contributed by atoms with Crippen LogP contribution in [0.3, 0.4) is 0 Å². The Morgan fingerprint density at radius 1 is 1.25 bits per heavy atom. The van der Waals surface area contributed by atoms with Gasteiger partial charge in [-0.2, -0.15) is 4.98 Å². The zero-order valence-electron chi connectivity index (χ0n) is 14.2. The lowest BCUT2D eigenvalue weighted by Gasteiger charge is -2.47. The van der Waals surface area contributed by atoms with Crippen LogP contribution in [0.1, 0.15) is 48.5 Å². The van der Waals surface area contributed by atoms with Gasteiger partial charge in [0.1, 0.15) is 5.82 Å². The number of aliphatic hydroxyl groups excluding tert-OH is 1. The van der Waals surface area contributed by atoms with Crippen LogP contribution in [-0.2, 0) is 0 Å². The first-order valence-corrected chi connectivity index (χ1v) is 8.74. The van der Waals surface area contributed by atoms with Crippen molar-refractivity contribution in [1.82, 2.24) is 9.97 Å². The Morgan fingerprint density at radius 3 is 2.83 bits per heavy atom. The fourth-order valence-electron chi connectivity index (χ4n) is 4.02. The van der Waals surface area contributed by atoms with Gasteiger partial charge in [0, 0.05) is 30.3 Å². The van der Waals surface area contributed by atoms with Crippen molar-refractivity contribution < 1.29 is 5.11 Å². The van der Waals surface area contributed by atoms with Crippen molar-refractivity contribution >= 4 is 11.8 Å². The molecule has 1 aromatic carbocycles. The van der Waals surface area contributed by atoms with E-state index in [1.165, 1.54) is 24.0 Å². The molecule has 0 spiro atoms. The van der Waals surface area contributed by atoms with Gasteiger partial charge in [-0.15, -0.1) is 0 Å².